The average Bonchev–Trinajstić information content (AvgIpc) is 3.29. The van der Waals surface area contributed by atoms with Gasteiger partial charge >= 0.3 is 6.18 Å². The van der Waals surface area contributed by atoms with Gasteiger partial charge in [-0.3, -0.25) is 9.78 Å². The summed E-state index contributed by atoms with van der Waals surface area (Å²) < 4.78 is 56.0. The molecule has 11 heteroatoms. The molecule has 8 nitrogen and oxygen atoms in total. The van der Waals surface area contributed by atoms with Crippen LogP contribution in [-0.2, 0) is 33.5 Å². The third-order valence-corrected chi connectivity index (χ3v) is 7.01. The number of rotatable bonds is 5. The number of hydrogen-bond donors (Lipinski definition) is 1. The number of benzene rings is 1. The summed E-state index contributed by atoms with van der Waals surface area (Å²) in [4.78, 5) is 24.0. The summed E-state index contributed by atoms with van der Waals surface area (Å²) in [7, 11) is 1.54. The third kappa shape index (κ3) is 4.86. The number of ether oxygens (including phenoxy) is 3. The normalized spacial score (nSPS) is 21.7. The Morgan fingerprint density at radius 3 is 2.78 bits per heavy atom. The minimum atomic E-state index is -4.49. The monoisotopic (exact) mass is 516 g/mol. The topological polar surface area (TPSA) is 99.8 Å². The zero-order valence-electron chi connectivity index (χ0n) is 20.4. The summed E-state index contributed by atoms with van der Waals surface area (Å²) in [6, 6.07) is 7.11. The van der Waals surface area contributed by atoms with Gasteiger partial charge in [0, 0.05) is 36.4 Å². The molecule has 2 aromatic heterocycles. The van der Waals surface area contributed by atoms with Crippen LogP contribution in [0.3, 0.4) is 0 Å². The highest BCUT2D eigenvalue weighted by Crippen LogP contribution is 2.38. The second kappa shape index (κ2) is 9.88. The Labute approximate surface area is 211 Å². The average molecular weight is 517 g/mol. The summed E-state index contributed by atoms with van der Waals surface area (Å²) in [5, 5.41) is 0.780. The van der Waals surface area contributed by atoms with Gasteiger partial charge in [0.1, 0.15) is 11.9 Å². The van der Waals surface area contributed by atoms with Crippen LogP contribution in [0.2, 0.25) is 0 Å². The highest BCUT2D eigenvalue weighted by atomic mass is 19.4. The molecule has 0 saturated carbocycles. The van der Waals surface area contributed by atoms with Gasteiger partial charge in [-0.05, 0) is 49.2 Å². The molecule has 3 atom stereocenters. The number of amides is 1. The van der Waals surface area contributed by atoms with E-state index in [1.54, 1.807) is 30.2 Å². The molecule has 2 aliphatic heterocycles. The Morgan fingerprint density at radius 1 is 1.27 bits per heavy atom. The van der Waals surface area contributed by atoms with Gasteiger partial charge in [0.05, 0.1) is 48.7 Å². The lowest BCUT2D eigenvalue weighted by molar-refractivity contribution is -0.137. The van der Waals surface area contributed by atoms with Crippen molar-refractivity contribution in [2.45, 2.75) is 50.9 Å². The molecule has 1 saturated heterocycles. The van der Waals surface area contributed by atoms with Gasteiger partial charge in [-0.25, -0.2) is 4.98 Å². The fraction of sp³-hybridized carbons (Fsp3) is 0.423. The molecular weight excluding hydrogens is 489 g/mol. The molecule has 0 radical (unpaired) electrons. The molecule has 196 valence electrons. The van der Waals surface area contributed by atoms with Crippen LogP contribution in [0.1, 0.15) is 52.2 Å². The second-order valence-electron chi connectivity index (χ2n) is 9.25. The van der Waals surface area contributed by atoms with Gasteiger partial charge < -0.3 is 24.8 Å². The molecule has 1 amide bonds. The number of nitrogen functional groups attached to an aromatic ring is 1. The van der Waals surface area contributed by atoms with Crippen LogP contribution in [-0.4, -0.2) is 53.2 Å². The van der Waals surface area contributed by atoms with Crippen molar-refractivity contribution in [2.24, 2.45) is 0 Å². The largest absolute Gasteiger partial charge is 0.417 e. The van der Waals surface area contributed by atoms with Gasteiger partial charge in [0.15, 0.2) is 0 Å². The molecule has 1 aromatic carbocycles. The predicted molar refractivity (Wildman–Crippen MR) is 128 cm³/mol. The molecule has 4 heterocycles. The minimum Gasteiger partial charge on any atom is -0.383 e. The van der Waals surface area contributed by atoms with Crippen molar-refractivity contribution in [3.8, 4) is 0 Å². The maximum absolute atomic E-state index is 14.0. The van der Waals surface area contributed by atoms with Crippen LogP contribution in [0.4, 0.5) is 19.0 Å². The highest BCUT2D eigenvalue weighted by molar-refractivity contribution is 5.99. The Hall–Kier alpha value is -3.28. The van der Waals surface area contributed by atoms with Crippen molar-refractivity contribution >= 4 is 22.6 Å². The SMILES string of the molecule is CO[C@@H]1COCC[C@H]1N(Cc1ccc(C(F)(F)F)cn1)C(=O)c1ccc2nc(N)c3c(c2c1)CO[C@H]3C. The molecule has 0 aliphatic carbocycles. The summed E-state index contributed by atoms with van der Waals surface area (Å²) in [5.41, 5.74) is 8.44. The summed E-state index contributed by atoms with van der Waals surface area (Å²) >= 11 is 0. The fourth-order valence-corrected chi connectivity index (χ4v) is 5.05. The molecule has 37 heavy (non-hydrogen) atoms. The Kier molecular flexibility index (Phi) is 6.78. The fourth-order valence-electron chi connectivity index (χ4n) is 5.05. The lowest BCUT2D eigenvalue weighted by atomic mass is 9.98. The van der Waals surface area contributed by atoms with E-state index in [-0.39, 0.29) is 24.6 Å². The number of fused-ring (bicyclic) bond motifs is 3. The molecule has 0 spiro atoms. The van der Waals surface area contributed by atoms with Crippen molar-refractivity contribution in [1.82, 2.24) is 14.9 Å². The van der Waals surface area contributed by atoms with E-state index in [4.69, 9.17) is 19.9 Å². The predicted octanol–water partition coefficient (Wildman–Crippen LogP) is 4.27. The number of nitrogens with two attached hydrogens (primary N) is 1. The zero-order chi connectivity index (χ0) is 26.3. The van der Waals surface area contributed by atoms with E-state index in [2.05, 4.69) is 9.97 Å². The summed E-state index contributed by atoms with van der Waals surface area (Å²) in [6.07, 6.45) is -3.79. The molecule has 3 aromatic rings. The van der Waals surface area contributed by atoms with Gasteiger partial charge in [-0.1, -0.05) is 0 Å². The standard InChI is InChI=1S/C26H27F3N4O4/c1-14-23-19(12-37-14)18-9-15(3-6-20(18)32-24(23)30)25(34)33(21-7-8-36-13-22(21)35-2)11-17-5-4-16(10-31-17)26(27,28)29/h3-6,9-10,14,21-22H,7-8,11-13H2,1-2H3,(H2,30,32)/t14-,21+,22+/m0/s1. The number of anilines is 1. The van der Waals surface area contributed by atoms with Crippen LogP contribution in [0.25, 0.3) is 10.9 Å². The number of halogens is 3. The number of nitrogens with zero attached hydrogens (tertiary/aromatic N) is 3. The Balaban J connectivity index is 1.52. The van der Waals surface area contributed by atoms with Crippen molar-refractivity contribution in [3.05, 3.63) is 64.5 Å². The van der Waals surface area contributed by atoms with Crippen LogP contribution in [0.15, 0.2) is 36.5 Å². The van der Waals surface area contributed by atoms with E-state index in [0.717, 1.165) is 28.8 Å². The third-order valence-electron chi connectivity index (χ3n) is 7.01. The van der Waals surface area contributed by atoms with E-state index in [0.29, 0.717) is 48.8 Å². The summed E-state index contributed by atoms with van der Waals surface area (Å²) in [6.45, 7) is 3.01. The molecule has 0 unspecified atom stereocenters. The van der Waals surface area contributed by atoms with E-state index in [1.807, 2.05) is 6.92 Å². The lowest BCUT2D eigenvalue weighted by Gasteiger charge is -2.39. The first-order valence-electron chi connectivity index (χ1n) is 11.9. The number of alkyl halides is 3. The smallest absolute Gasteiger partial charge is 0.383 e. The first-order chi connectivity index (χ1) is 17.7. The Morgan fingerprint density at radius 2 is 2.08 bits per heavy atom. The second-order valence-corrected chi connectivity index (χ2v) is 9.25. The first kappa shape index (κ1) is 25.4. The number of pyridine rings is 2. The minimum absolute atomic E-state index is 0.0117. The van der Waals surface area contributed by atoms with Crippen LogP contribution in [0.5, 0.6) is 0 Å². The van der Waals surface area contributed by atoms with Crippen molar-refractivity contribution in [3.63, 3.8) is 0 Å². The highest BCUT2D eigenvalue weighted by Gasteiger charge is 2.36. The van der Waals surface area contributed by atoms with Gasteiger partial charge in [0.25, 0.3) is 5.91 Å². The van der Waals surface area contributed by atoms with Crippen molar-refractivity contribution < 1.29 is 32.2 Å². The van der Waals surface area contributed by atoms with E-state index in [1.165, 1.54) is 6.07 Å². The van der Waals surface area contributed by atoms with Crippen LogP contribution >= 0.6 is 0 Å². The molecule has 1 fully saturated rings. The van der Waals surface area contributed by atoms with Crippen molar-refractivity contribution in [1.29, 1.82) is 0 Å². The molecule has 0 bridgehead atoms. The molecule has 2 aliphatic rings. The van der Waals surface area contributed by atoms with Gasteiger partial charge in [-0.15, -0.1) is 0 Å². The molecule has 2 N–H and O–H groups in total. The number of carbonyl (C=O) groups is 1. The van der Waals surface area contributed by atoms with Crippen molar-refractivity contribution in [2.75, 3.05) is 26.1 Å². The first-order valence-corrected chi connectivity index (χ1v) is 11.9. The van der Waals surface area contributed by atoms with Gasteiger partial charge in [-0.2, -0.15) is 13.2 Å². The molecule has 5 rings (SSSR count). The number of aromatic nitrogens is 2. The summed E-state index contributed by atoms with van der Waals surface area (Å²) in [5.74, 6) is 0.113. The molecular formula is C26H27F3N4O4. The number of hydrogen-bond acceptors (Lipinski definition) is 7. The van der Waals surface area contributed by atoms with Crippen LogP contribution in [0, 0.1) is 0 Å². The number of carbonyl (C=O) groups excluding carboxylic acids is 1. The van der Waals surface area contributed by atoms with E-state index >= 15 is 0 Å². The van der Waals surface area contributed by atoms with E-state index < -0.39 is 17.8 Å². The van der Waals surface area contributed by atoms with E-state index in [9.17, 15) is 18.0 Å². The number of methoxy groups -OCH3 is 1. The Bertz CT molecular complexity index is 1320. The maximum atomic E-state index is 14.0. The quantitative estimate of drug-likeness (QED) is 0.541. The lowest BCUT2D eigenvalue weighted by Crippen LogP contribution is -2.52. The maximum Gasteiger partial charge on any atom is 0.417 e. The van der Waals surface area contributed by atoms with Gasteiger partial charge in [0.2, 0.25) is 0 Å². The van der Waals surface area contributed by atoms with Crippen LogP contribution < -0.4 is 5.73 Å². The zero-order valence-corrected chi connectivity index (χ0v) is 20.4.